The first kappa shape index (κ1) is 14.7. The topological polar surface area (TPSA) is 30.5 Å². The molecule has 0 spiro atoms. The van der Waals surface area contributed by atoms with Crippen molar-refractivity contribution < 1.29 is 9.47 Å². The van der Waals surface area contributed by atoms with Gasteiger partial charge in [0.2, 0.25) is 0 Å². The lowest BCUT2D eigenvalue weighted by Crippen LogP contribution is -2.12. The number of benzene rings is 1. The fourth-order valence-corrected chi connectivity index (χ4v) is 1.63. The van der Waals surface area contributed by atoms with E-state index in [0.29, 0.717) is 12.0 Å². The molecule has 0 bridgehead atoms. The molecule has 0 atom stereocenters. The highest BCUT2D eigenvalue weighted by Crippen LogP contribution is 2.30. The van der Waals surface area contributed by atoms with Crippen molar-refractivity contribution in [3.05, 3.63) is 18.2 Å². The predicted octanol–water partition coefficient (Wildman–Crippen LogP) is 3.94. The summed E-state index contributed by atoms with van der Waals surface area (Å²) in [6.45, 7) is 10.3. The smallest absolute Gasteiger partial charge is 0.162 e. The zero-order chi connectivity index (χ0) is 13.6. The average Bonchev–Trinajstić information content (AvgIpc) is 2.29. The van der Waals surface area contributed by atoms with Crippen LogP contribution in [0.25, 0.3) is 0 Å². The molecule has 0 amide bonds. The van der Waals surface area contributed by atoms with Crippen LogP contribution in [0.4, 0.5) is 5.69 Å². The SMILES string of the molecule is CCOc1ccc(NCCC(C)(C)C)cc1OC. The van der Waals surface area contributed by atoms with Gasteiger partial charge in [0.25, 0.3) is 0 Å². The summed E-state index contributed by atoms with van der Waals surface area (Å²) in [5, 5.41) is 3.41. The molecule has 0 aliphatic heterocycles. The summed E-state index contributed by atoms with van der Waals surface area (Å²) >= 11 is 0. The maximum Gasteiger partial charge on any atom is 0.162 e. The van der Waals surface area contributed by atoms with Gasteiger partial charge in [-0.1, -0.05) is 20.8 Å². The molecular weight excluding hydrogens is 226 g/mol. The van der Waals surface area contributed by atoms with E-state index in [9.17, 15) is 0 Å². The lowest BCUT2D eigenvalue weighted by molar-refractivity contribution is 0.311. The molecule has 1 rings (SSSR count). The van der Waals surface area contributed by atoms with Crippen LogP contribution >= 0.6 is 0 Å². The molecule has 18 heavy (non-hydrogen) atoms. The van der Waals surface area contributed by atoms with Gasteiger partial charge in [-0.05, 0) is 30.9 Å². The highest BCUT2D eigenvalue weighted by molar-refractivity contribution is 5.54. The van der Waals surface area contributed by atoms with Crippen LogP contribution in [-0.2, 0) is 0 Å². The van der Waals surface area contributed by atoms with Gasteiger partial charge in [0, 0.05) is 18.3 Å². The Hall–Kier alpha value is -1.38. The summed E-state index contributed by atoms with van der Waals surface area (Å²) in [6.07, 6.45) is 1.13. The van der Waals surface area contributed by atoms with Crippen molar-refractivity contribution in [2.75, 3.05) is 25.6 Å². The Balaban J connectivity index is 2.62. The van der Waals surface area contributed by atoms with E-state index in [2.05, 4.69) is 26.1 Å². The molecule has 3 nitrogen and oxygen atoms in total. The molecule has 1 aromatic rings. The molecule has 0 unspecified atom stereocenters. The lowest BCUT2D eigenvalue weighted by atomic mass is 9.92. The molecule has 0 saturated carbocycles. The molecule has 0 aliphatic carbocycles. The van der Waals surface area contributed by atoms with Crippen LogP contribution in [0, 0.1) is 5.41 Å². The van der Waals surface area contributed by atoms with Gasteiger partial charge in [0.05, 0.1) is 13.7 Å². The van der Waals surface area contributed by atoms with Gasteiger partial charge >= 0.3 is 0 Å². The maximum atomic E-state index is 5.49. The summed E-state index contributed by atoms with van der Waals surface area (Å²) in [6, 6.07) is 5.95. The molecule has 0 radical (unpaired) electrons. The number of anilines is 1. The second-order valence-electron chi connectivity index (χ2n) is 5.54. The van der Waals surface area contributed by atoms with Crippen LogP contribution in [0.1, 0.15) is 34.1 Å². The van der Waals surface area contributed by atoms with Gasteiger partial charge in [0.1, 0.15) is 0 Å². The van der Waals surface area contributed by atoms with Crippen molar-refractivity contribution in [1.29, 1.82) is 0 Å². The zero-order valence-corrected chi connectivity index (χ0v) is 12.2. The van der Waals surface area contributed by atoms with Crippen molar-refractivity contribution >= 4 is 5.69 Å². The Morgan fingerprint density at radius 1 is 1.17 bits per heavy atom. The van der Waals surface area contributed by atoms with Crippen molar-refractivity contribution in [2.45, 2.75) is 34.1 Å². The molecule has 0 aromatic heterocycles. The molecule has 0 fully saturated rings. The number of nitrogens with one attached hydrogen (secondary N) is 1. The molecule has 0 saturated heterocycles. The minimum Gasteiger partial charge on any atom is -0.493 e. The first-order valence-corrected chi connectivity index (χ1v) is 6.51. The van der Waals surface area contributed by atoms with Crippen LogP contribution < -0.4 is 14.8 Å². The van der Waals surface area contributed by atoms with E-state index in [-0.39, 0.29) is 0 Å². The van der Waals surface area contributed by atoms with Gasteiger partial charge in [-0.2, -0.15) is 0 Å². The second-order valence-corrected chi connectivity index (χ2v) is 5.54. The Kier molecular flexibility index (Phi) is 5.32. The standard InChI is InChI=1S/C15H25NO2/c1-6-18-13-8-7-12(11-14(13)17-5)16-10-9-15(2,3)4/h7-8,11,16H,6,9-10H2,1-5H3. The normalized spacial score (nSPS) is 11.2. The molecule has 1 aromatic carbocycles. The quantitative estimate of drug-likeness (QED) is 0.830. The fraction of sp³-hybridized carbons (Fsp3) is 0.600. The number of methoxy groups -OCH3 is 1. The maximum absolute atomic E-state index is 5.49. The van der Waals surface area contributed by atoms with E-state index < -0.39 is 0 Å². The molecule has 102 valence electrons. The van der Waals surface area contributed by atoms with Gasteiger partial charge in [0.15, 0.2) is 11.5 Å². The Bertz CT molecular complexity index is 369. The van der Waals surface area contributed by atoms with E-state index in [1.54, 1.807) is 7.11 Å². The van der Waals surface area contributed by atoms with E-state index in [0.717, 1.165) is 30.2 Å². The van der Waals surface area contributed by atoms with E-state index >= 15 is 0 Å². The Labute approximate surface area is 110 Å². The van der Waals surface area contributed by atoms with Gasteiger partial charge in [-0.15, -0.1) is 0 Å². The molecule has 3 heteroatoms. The van der Waals surface area contributed by atoms with Crippen LogP contribution in [0.15, 0.2) is 18.2 Å². The van der Waals surface area contributed by atoms with Crippen LogP contribution in [0.5, 0.6) is 11.5 Å². The van der Waals surface area contributed by atoms with Gasteiger partial charge in [-0.25, -0.2) is 0 Å². The highest BCUT2D eigenvalue weighted by Gasteiger charge is 2.10. The third kappa shape index (κ3) is 4.86. The summed E-state index contributed by atoms with van der Waals surface area (Å²) in [4.78, 5) is 0. The number of rotatable bonds is 6. The molecule has 1 N–H and O–H groups in total. The lowest BCUT2D eigenvalue weighted by Gasteiger charge is -2.19. The highest BCUT2D eigenvalue weighted by atomic mass is 16.5. The van der Waals surface area contributed by atoms with Crippen molar-refractivity contribution in [2.24, 2.45) is 5.41 Å². The average molecular weight is 251 g/mol. The van der Waals surface area contributed by atoms with E-state index in [1.807, 2.05) is 25.1 Å². The molecular formula is C15H25NO2. The number of ether oxygens (including phenoxy) is 2. The van der Waals surface area contributed by atoms with E-state index in [4.69, 9.17) is 9.47 Å². The number of hydrogen-bond acceptors (Lipinski definition) is 3. The van der Waals surface area contributed by atoms with Gasteiger partial charge in [-0.3, -0.25) is 0 Å². The Morgan fingerprint density at radius 3 is 2.44 bits per heavy atom. The summed E-state index contributed by atoms with van der Waals surface area (Å²) < 4.78 is 10.8. The van der Waals surface area contributed by atoms with Crippen molar-refractivity contribution in [3.63, 3.8) is 0 Å². The first-order chi connectivity index (χ1) is 8.46. The van der Waals surface area contributed by atoms with Crippen molar-refractivity contribution in [3.8, 4) is 11.5 Å². The van der Waals surface area contributed by atoms with Crippen LogP contribution in [-0.4, -0.2) is 20.3 Å². The minimum absolute atomic E-state index is 0.350. The fourth-order valence-electron chi connectivity index (χ4n) is 1.63. The van der Waals surface area contributed by atoms with E-state index in [1.165, 1.54) is 0 Å². The summed E-state index contributed by atoms with van der Waals surface area (Å²) in [7, 11) is 1.66. The van der Waals surface area contributed by atoms with Crippen LogP contribution in [0.3, 0.4) is 0 Å². The first-order valence-electron chi connectivity index (χ1n) is 6.51. The zero-order valence-electron chi connectivity index (χ0n) is 12.2. The second kappa shape index (κ2) is 6.53. The van der Waals surface area contributed by atoms with Crippen molar-refractivity contribution in [1.82, 2.24) is 0 Å². The molecule has 0 aliphatic rings. The van der Waals surface area contributed by atoms with Gasteiger partial charge < -0.3 is 14.8 Å². The summed E-state index contributed by atoms with van der Waals surface area (Å²) in [5.74, 6) is 1.57. The summed E-state index contributed by atoms with van der Waals surface area (Å²) in [5.41, 5.74) is 1.42. The Morgan fingerprint density at radius 2 is 1.89 bits per heavy atom. The predicted molar refractivity (Wildman–Crippen MR) is 76.7 cm³/mol. The minimum atomic E-state index is 0.350. The largest absolute Gasteiger partial charge is 0.493 e. The van der Waals surface area contributed by atoms with Crippen LogP contribution in [0.2, 0.25) is 0 Å². The monoisotopic (exact) mass is 251 g/mol. The molecule has 0 heterocycles. The third-order valence-electron chi connectivity index (χ3n) is 2.67. The third-order valence-corrected chi connectivity index (χ3v) is 2.67. The number of hydrogen-bond donors (Lipinski definition) is 1.